The number of nitrogens with zero attached hydrogens (tertiary/aromatic N) is 2. The molecule has 4 rings (SSSR count). The lowest BCUT2D eigenvalue weighted by Crippen LogP contribution is -2.40. The first-order valence-corrected chi connectivity index (χ1v) is 12.8. The highest BCUT2D eigenvalue weighted by Crippen LogP contribution is 2.34. The minimum absolute atomic E-state index is 0.212. The zero-order valence-corrected chi connectivity index (χ0v) is 21.5. The first-order chi connectivity index (χ1) is 15.9. The van der Waals surface area contributed by atoms with Crippen molar-refractivity contribution in [3.63, 3.8) is 0 Å². The van der Waals surface area contributed by atoms with Gasteiger partial charge in [-0.1, -0.05) is 59.6 Å². The van der Waals surface area contributed by atoms with E-state index in [1.165, 1.54) is 0 Å². The Labute approximate surface area is 209 Å². The average molecular weight is 515 g/mol. The molecule has 9 heteroatoms. The fraction of sp³-hybridized carbons (Fsp3) is 0.200. The van der Waals surface area contributed by atoms with Crippen molar-refractivity contribution in [1.82, 2.24) is 14.9 Å². The van der Waals surface area contributed by atoms with Crippen molar-refractivity contribution in [2.24, 2.45) is 0 Å². The second-order valence-electron chi connectivity index (χ2n) is 9.03. The van der Waals surface area contributed by atoms with Crippen LogP contribution in [-0.4, -0.2) is 24.2 Å². The van der Waals surface area contributed by atoms with Gasteiger partial charge in [0.15, 0.2) is 5.82 Å². The molecule has 0 radical (unpaired) electrons. The number of anilines is 2. The Balaban J connectivity index is 1.81. The molecule has 1 heterocycles. The molecule has 0 fully saturated rings. The smallest absolute Gasteiger partial charge is 0.241 e. The van der Waals surface area contributed by atoms with Crippen LogP contribution in [0.3, 0.4) is 0 Å². The number of rotatable bonds is 5. The summed E-state index contributed by atoms with van der Waals surface area (Å²) in [4.78, 5) is 0.212. The molecular weight excluding hydrogens is 491 g/mol. The molecule has 0 unspecified atom stereocenters. The molecule has 0 aliphatic carbocycles. The van der Waals surface area contributed by atoms with Gasteiger partial charge in [0.1, 0.15) is 5.69 Å². The van der Waals surface area contributed by atoms with Crippen molar-refractivity contribution in [1.29, 1.82) is 0 Å². The molecule has 3 aromatic carbocycles. The molecular formula is C25H24Cl2N4O2S. The molecule has 0 amide bonds. The Morgan fingerprint density at radius 1 is 0.853 bits per heavy atom. The summed E-state index contributed by atoms with van der Waals surface area (Å²) < 4.78 is 28.8. The van der Waals surface area contributed by atoms with Gasteiger partial charge in [-0.3, -0.25) is 0 Å². The number of sulfonamides is 1. The number of nitrogens with one attached hydrogen (secondary N) is 2. The van der Waals surface area contributed by atoms with Gasteiger partial charge in [0.05, 0.1) is 14.9 Å². The van der Waals surface area contributed by atoms with Gasteiger partial charge in [0.25, 0.3) is 0 Å². The Kier molecular flexibility index (Phi) is 6.57. The van der Waals surface area contributed by atoms with Crippen LogP contribution in [0.4, 0.5) is 11.5 Å². The van der Waals surface area contributed by atoms with Crippen LogP contribution in [0.25, 0.3) is 22.0 Å². The van der Waals surface area contributed by atoms with Crippen molar-refractivity contribution in [2.45, 2.75) is 38.1 Å². The average Bonchev–Trinajstić information content (AvgIpc) is 2.75. The first kappa shape index (κ1) is 24.4. The summed E-state index contributed by atoms with van der Waals surface area (Å²) in [5.74, 6) is 0.548. The lowest BCUT2D eigenvalue weighted by atomic mass is 10.0. The molecule has 0 bridgehead atoms. The number of aryl methyl sites for hydroxylation is 1. The maximum Gasteiger partial charge on any atom is 0.241 e. The van der Waals surface area contributed by atoms with Gasteiger partial charge in [0.2, 0.25) is 10.0 Å². The van der Waals surface area contributed by atoms with Crippen LogP contribution in [0, 0.1) is 6.92 Å². The minimum Gasteiger partial charge on any atom is -0.338 e. The number of hydrogen-bond acceptors (Lipinski definition) is 5. The van der Waals surface area contributed by atoms with E-state index in [4.69, 9.17) is 23.2 Å². The Morgan fingerprint density at radius 2 is 1.56 bits per heavy atom. The number of hydrogen-bond donors (Lipinski definition) is 2. The second-order valence-corrected chi connectivity index (χ2v) is 11.5. The number of fused-ring (bicyclic) bond motifs is 1. The molecule has 1 aromatic heterocycles. The van der Waals surface area contributed by atoms with E-state index in [-0.39, 0.29) is 4.90 Å². The predicted molar refractivity (Wildman–Crippen MR) is 140 cm³/mol. The second kappa shape index (κ2) is 9.15. The van der Waals surface area contributed by atoms with E-state index in [0.717, 1.165) is 16.5 Å². The molecule has 0 aliphatic heterocycles. The number of aromatic nitrogens is 2. The van der Waals surface area contributed by atoms with Gasteiger partial charge in [-0.15, -0.1) is 10.2 Å². The van der Waals surface area contributed by atoms with Gasteiger partial charge in [-0.2, -0.15) is 0 Å². The maximum atomic E-state index is 13.0. The van der Waals surface area contributed by atoms with Crippen molar-refractivity contribution in [2.75, 3.05) is 5.32 Å². The Bertz CT molecular complexity index is 1500. The molecule has 4 aromatic rings. The lowest BCUT2D eigenvalue weighted by molar-refractivity contribution is 0.491. The highest BCUT2D eigenvalue weighted by molar-refractivity contribution is 7.89. The summed E-state index contributed by atoms with van der Waals surface area (Å²) >= 11 is 12.2. The topological polar surface area (TPSA) is 84.0 Å². The predicted octanol–water partition coefficient (Wildman–Crippen LogP) is 6.73. The molecule has 34 heavy (non-hydrogen) atoms. The van der Waals surface area contributed by atoms with E-state index in [1.54, 1.807) is 37.3 Å². The zero-order chi connectivity index (χ0) is 24.7. The van der Waals surface area contributed by atoms with E-state index in [1.807, 2.05) is 51.1 Å². The van der Waals surface area contributed by atoms with Gasteiger partial charge < -0.3 is 5.32 Å². The molecule has 6 nitrogen and oxygen atoms in total. The van der Waals surface area contributed by atoms with E-state index in [2.05, 4.69) is 20.2 Å². The molecule has 2 N–H and O–H groups in total. The summed E-state index contributed by atoms with van der Waals surface area (Å²) in [7, 11) is -3.72. The summed E-state index contributed by atoms with van der Waals surface area (Å²) in [6, 6.07) is 18.2. The zero-order valence-electron chi connectivity index (χ0n) is 19.1. The van der Waals surface area contributed by atoms with Crippen molar-refractivity contribution < 1.29 is 8.42 Å². The van der Waals surface area contributed by atoms with E-state index < -0.39 is 15.6 Å². The van der Waals surface area contributed by atoms with E-state index >= 15 is 0 Å². The third-order valence-electron chi connectivity index (χ3n) is 5.06. The highest BCUT2D eigenvalue weighted by atomic mass is 35.5. The normalized spacial score (nSPS) is 12.2. The molecule has 0 saturated carbocycles. The first-order valence-electron chi connectivity index (χ1n) is 10.6. The summed E-state index contributed by atoms with van der Waals surface area (Å²) in [6.07, 6.45) is 0. The summed E-state index contributed by atoms with van der Waals surface area (Å²) in [6.45, 7) is 7.20. The van der Waals surface area contributed by atoms with Crippen molar-refractivity contribution in [3.8, 4) is 11.3 Å². The number of halogens is 2. The molecule has 176 valence electrons. The molecule has 0 atom stereocenters. The molecule has 0 spiro atoms. The minimum atomic E-state index is -3.72. The van der Waals surface area contributed by atoms with Crippen LogP contribution in [0.5, 0.6) is 0 Å². The summed E-state index contributed by atoms with van der Waals surface area (Å²) in [5, 5.41) is 14.6. The third kappa shape index (κ3) is 5.18. The van der Waals surface area contributed by atoms with Gasteiger partial charge in [-0.05, 0) is 57.5 Å². The van der Waals surface area contributed by atoms with Crippen molar-refractivity contribution >= 4 is 55.5 Å². The van der Waals surface area contributed by atoms with Crippen LogP contribution < -0.4 is 10.0 Å². The van der Waals surface area contributed by atoms with E-state index in [0.29, 0.717) is 32.7 Å². The molecule has 0 aliphatic rings. The van der Waals surface area contributed by atoms with Crippen LogP contribution in [0.1, 0.15) is 26.3 Å². The van der Waals surface area contributed by atoms with Gasteiger partial charge in [0, 0.05) is 27.6 Å². The van der Waals surface area contributed by atoms with E-state index in [9.17, 15) is 8.42 Å². The van der Waals surface area contributed by atoms with Crippen LogP contribution in [0.2, 0.25) is 10.0 Å². The molecule has 0 saturated heterocycles. The summed E-state index contributed by atoms with van der Waals surface area (Å²) in [5.41, 5.74) is 2.01. The monoisotopic (exact) mass is 514 g/mol. The Hall–Kier alpha value is -2.71. The van der Waals surface area contributed by atoms with Crippen LogP contribution in [-0.2, 0) is 10.0 Å². The quantitative estimate of drug-likeness (QED) is 0.308. The highest BCUT2D eigenvalue weighted by Gasteiger charge is 2.24. The van der Waals surface area contributed by atoms with Gasteiger partial charge >= 0.3 is 0 Å². The maximum absolute atomic E-state index is 13.0. The largest absolute Gasteiger partial charge is 0.338 e. The van der Waals surface area contributed by atoms with Crippen LogP contribution >= 0.6 is 23.2 Å². The SMILES string of the molecule is Cc1ccc(-c2nnc(Nc3ccc(Cl)c(Cl)c3)c3ccccc23)cc1S(=O)(=O)NC(C)(C)C. The number of benzene rings is 3. The Morgan fingerprint density at radius 3 is 2.24 bits per heavy atom. The standard InChI is InChI=1S/C25H24Cl2N4O2S/c1-15-9-10-16(13-22(15)34(32,33)31-25(2,3)4)23-18-7-5-6-8-19(18)24(30-29-23)28-17-11-12-20(26)21(27)14-17/h5-14,31H,1-4H3,(H,28,30). The van der Waals surface area contributed by atoms with Crippen molar-refractivity contribution in [3.05, 3.63) is 76.3 Å². The fourth-order valence-electron chi connectivity index (χ4n) is 3.61. The third-order valence-corrected chi connectivity index (χ3v) is 7.70. The van der Waals surface area contributed by atoms with Gasteiger partial charge in [-0.25, -0.2) is 13.1 Å². The lowest BCUT2D eigenvalue weighted by Gasteiger charge is -2.21. The fourth-order valence-corrected chi connectivity index (χ4v) is 5.60. The van der Waals surface area contributed by atoms with Crippen LogP contribution in [0.15, 0.2) is 65.6 Å².